The predicted octanol–water partition coefficient (Wildman–Crippen LogP) is 4.43. The topological polar surface area (TPSA) is 76.1 Å². The first-order valence-electron chi connectivity index (χ1n) is 8.75. The number of hydrogen-bond donors (Lipinski definition) is 2. The molecule has 2 aromatic carbocycles. The molecule has 0 radical (unpaired) electrons. The summed E-state index contributed by atoms with van der Waals surface area (Å²) in [4.78, 5) is 21.2. The Balaban J connectivity index is 1.72. The zero-order valence-corrected chi connectivity index (χ0v) is 16.7. The molecule has 0 aliphatic heterocycles. The maximum atomic E-state index is 12.5. The van der Waals surface area contributed by atoms with Gasteiger partial charge in [0.2, 0.25) is 5.95 Å². The second-order valence-corrected chi connectivity index (χ2v) is 6.69. The summed E-state index contributed by atoms with van der Waals surface area (Å²) in [7, 11) is 1.62. The van der Waals surface area contributed by atoms with Gasteiger partial charge in [0.1, 0.15) is 11.4 Å². The summed E-state index contributed by atoms with van der Waals surface area (Å²) in [5, 5.41) is 6.66. The largest absolute Gasteiger partial charge is 0.497 e. The average Bonchev–Trinajstić information content (AvgIpc) is 2.69. The minimum absolute atomic E-state index is 0.271. The Morgan fingerprint density at radius 2 is 1.86 bits per heavy atom. The number of aryl methyl sites for hydroxylation is 1. The van der Waals surface area contributed by atoms with Crippen LogP contribution in [0.15, 0.2) is 48.5 Å². The monoisotopic (exact) mass is 396 g/mol. The van der Waals surface area contributed by atoms with E-state index in [1.807, 2.05) is 56.3 Å². The highest BCUT2D eigenvalue weighted by Gasteiger charge is 2.12. The van der Waals surface area contributed by atoms with Crippen molar-refractivity contribution in [1.82, 2.24) is 15.3 Å². The predicted molar refractivity (Wildman–Crippen MR) is 110 cm³/mol. The molecule has 28 heavy (non-hydrogen) atoms. The highest BCUT2D eigenvalue weighted by atomic mass is 35.5. The molecule has 3 rings (SSSR count). The standard InChI is InChI=1S/C21H21ClN4O2/c1-13-11-19(20(27)23-12-15-7-9-16(28-3)10-8-15)26-21(24-13)25-18-6-4-5-17(22)14(18)2/h4-11H,12H2,1-3H3,(H,23,27)(H,24,25,26). The van der Waals surface area contributed by atoms with Crippen LogP contribution in [-0.2, 0) is 6.54 Å². The van der Waals surface area contributed by atoms with Gasteiger partial charge in [0.05, 0.1) is 7.11 Å². The third-order valence-corrected chi connectivity index (χ3v) is 4.62. The van der Waals surface area contributed by atoms with E-state index in [1.54, 1.807) is 13.2 Å². The van der Waals surface area contributed by atoms with E-state index in [4.69, 9.17) is 16.3 Å². The van der Waals surface area contributed by atoms with Crippen LogP contribution in [0.2, 0.25) is 5.02 Å². The molecular weight excluding hydrogens is 376 g/mol. The molecule has 0 aliphatic rings. The third kappa shape index (κ3) is 4.78. The summed E-state index contributed by atoms with van der Waals surface area (Å²) in [6, 6.07) is 14.7. The third-order valence-electron chi connectivity index (χ3n) is 4.21. The van der Waals surface area contributed by atoms with Crippen molar-refractivity contribution in [2.75, 3.05) is 12.4 Å². The number of benzene rings is 2. The minimum Gasteiger partial charge on any atom is -0.497 e. The zero-order valence-electron chi connectivity index (χ0n) is 15.9. The molecule has 2 N–H and O–H groups in total. The highest BCUT2D eigenvalue weighted by molar-refractivity contribution is 6.31. The van der Waals surface area contributed by atoms with Gasteiger partial charge in [0, 0.05) is 22.9 Å². The summed E-state index contributed by atoms with van der Waals surface area (Å²) in [5.41, 5.74) is 3.63. The van der Waals surface area contributed by atoms with Crippen molar-refractivity contribution < 1.29 is 9.53 Å². The number of hydrogen-bond acceptors (Lipinski definition) is 5. The van der Waals surface area contributed by atoms with Crippen LogP contribution in [0.4, 0.5) is 11.6 Å². The molecule has 0 atom stereocenters. The van der Waals surface area contributed by atoms with Crippen LogP contribution in [0.1, 0.15) is 27.3 Å². The number of methoxy groups -OCH3 is 1. The molecular formula is C21H21ClN4O2. The van der Waals surface area contributed by atoms with E-state index < -0.39 is 0 Å². The molecule has 1 aromatic heterocycles. The first-order valence-corrected chi connectivity index (χ1v) is 9.13. The van der Waals surface area contributed by atoms with Crippen LogP contribution < -0.4 is 15.4 Å². The Bertz CT molecular complexity index is 990. The van der Waals surface area contributed by atoms with Crippen molar-refractivity contribution in [2.24, 2.45) is 0 Å². The lowest BCUT2D eigenvalue weighted by atomic mass is 10.2. The number of halogens is 1. The Labute approximate surface area is 168 Å². The Kier molecular flexibility index (Phi) is 6.11. The van der Waals surface area contributed by atoms with Crippen LogP contribution >= 0.6 is 11.6 Å². The average molecular weight is 397 g/mol. The van der Waals surface area contributed by atoms with Crippen molar-refractivity contribution >= 4 is 29.1 Å². The Hall–Kier alpha value is -3.12. The fourth-order valence-electron chi connectivity index (χ4n) is 2.62. The lowest BCUT2D eigenvalue weighted by molar-refractivity contribution is 0.0945. The zero-order chi connectivity index (χ0) is 20.1. The van der Waals surface area contributed by atoms with Gasteiger partial charge in [-0.2, -0.15) is 0 Å². The number of rotatable bonds is 6. The molecule has 0 aliphatic carbocycles. The maximum absolute atomic E-state index is 12.5. The van der Waals surface area contributed by atoms with Crippen molar-refractivity contribution in [2.45, 2.75) is 20.4 Å². The highest BCUT2D eigenvalue weighted by Crippen LogP contribution is 2.25. The Morgan fingerprint density at radius 1 is 1.11 bits per heavy atom. The van der Waals surface area contributed by atoms with Crippen LogP contribution in [0.25, 0.3) is 0 Å². The van der Waals surface area contributed by atoms with Crippen LogP contribution in [0, 0.1) is 13.8 Å². The number of carbonyl (C=O) groups excluding carboxylic acids is 1. The summed E-state index contributed by atoms with van der Waals surface area (Å²) in [5.74, 6) is 0.848. The van der Waals surface area contributed by atoms with Gasteiger partial charge in [-0.3, -0.25) is 4.79 Å². The number of amides is 1. The summed E-state index contributed by atoms with van der Waals surface area (Å²) in [6.45, 7) is 4.11. The van der Waals surface area contributed by atoms with E-state index in [9.17, 15) is 4.79 Å². The summed E-state index contributed by atoms with van der Waals surface area (Å²) >= 11 is 6.16. The molecule has 0 saturated heterocycles. The van der Waals surface area contributed by atoms with E-state index in [1.165, 1.54) is 0 Å². The number of carbonyl (C=O) groups is 1. The van der Waals surface area contributed by atoms with Gasteiger partial charge in [-0.1, -0.05) is 29.8 Å². The molecule has 0 unspecified atom stereocenters. The van der Waals surface area contributed by atoms with E-state index in [-0.39, 0.29) is 5.91 Å². The first-order chi connectivity index (χ1) is 13.5. The van der Waals surface area contributed by atoms with Crippen LogP contribution in [0.5, 0.6) is 5.75 Å². The second kappa shape index (κ2) is 8.71. The normalized spacial score (nSPS) is 10.4. The quantitative estimate of drug-likeness (QED) is 0.644. The molecule has 144 valence electrons. The van der Waals surface area contributed by atoms with Crippen molar-refractivity contribution in [3.05, 3.63) is 76.1 Å². The van der Waals surface area contributed by atoms with E-state index in [0.29, 0.717) is 28.9 Å². The molecule has 1 heterocycles. The lowest BCUT2D eigenvalue weighted by Gasteiger charge is -2.11. The fourth-order valence-corrected chi connectivity index (χ4v) is 2.79. The van der Waals surface area contributed by atoms with Crippen LogP contribution in [-0.4, -0.2) is 23.0 Å². The maximum Gasteiger partial charge on any atom is 0.270 e. The van der Waals surface area contributed by atoms with E-state index in [0.717, 1.165) is 22.6 Å². The van der Waals surface area contributed by atoms with Gasteiger partial charge in [0.25, 0.3) is 5.91 Å². The van der Waals surface area contributed by atoms with Crippen LogP contribution in [0.3, 0.4) is 0 Å². The van der Waals surface area contributed by atoms with Crippen molar-refractivity contribution in [3.8, 4) is 5.75 Å². The lowest BCUT2D eigenvalue weighted by Crippen LogP contribution is -2.24. The fraction of sp³-hybridized carbons (Fsp3) is 0.190. The van der Waals surface area contributed by atoms with Crippen molar-refractivity contribution in [1.29, 1.82) is 0 Å². The van der Waals surface area contributed by atoms with Gasteiger partial charge in [-0.15, -0.1) is 0 Å². The number of nitrogens with zero attached hydrogens (tertiary/aromatic N) is 2. The molecule has 0 saturated carbocycles. The number of aromatic nitrogens is 2. The first kappa shape index (κ1) is 19.6. The molecule has 3 aromatic rings. The van der Waals surface area contributed by atoms with Crippen molar-refractivity contribution in [3.63, 3.8) is 0 Å². The SMILES string of the molecule is COc1ccc(CNC(=O)c2cc(C)nc(Nc3cccc(Cl)c3C)n2)cc1. The molecule has 7 heteroatoms. The smallest absolute Gasteiger partial charge is 0.270 e. The van der Waals surface area contributed by atoms with Gasteiger partial charge in [0.15, 0.2) is 0 Å². The minimum atomic E-state index is -0.271. The molecule has 6 nitrogen and oxygen atoms in total. The summed E-state index contributed by atoms with van der Waals surface area (Å²) in [6.07, 6.45) is 0. The van der Waals surface area contributed by atoms with Gasteiger partial charge in [-0.25, -0.2) is 9.97 Å². The van der Waals surface area contributed by atoms with Gasteiger partial charge < -0.3 is 15.4 Å². The Morgan fingerprint density at radius 3 is 2.57 bits per heavy atom. The van der Waals surface area contributed by atoms with E-state index >= 15 is 0 Å². The number of ether oxygens (including phenoxy) is 1. The van der Waals surface area contributed by atoms with E-state index in [2.05, 4.69) is 20.6 Å². The molecule has 0 bridgehead atoms. The van der Waals surface area contributed by atoms with Gasteiger partial charge in [-0.05, 0) is 55.3 Å². The molecule has 0 fully saturated rings. The molecule has 1 amide bonds. The molecule has 0 spiro atoms. The second-order valence-electron chi connectivity index (χ2n) is 6.29. The summed E-state index contributed by atoms with van der Waals surface area (Å²) < 4.78 is 5.14. The number of anilines is 2. The number of nitrogens with one attached hydrogen (secondary N) is 2. The van der Waals surface area contributed by atoms with Gasteiger partial charge >= 0.3 is 0 Å².